The van der Waals surface area contributed by atoms with Crippen LogP contribution in [0.4, 0.5) is 0 Å². The molecule has 0 amide bonds. The Morgan fingerprint density at radius 1 is 1.14 bits per heavy atom. The van der Waals surface area contributed by atoms with Gasteiger partial charge in [0.25, 0.3) is 0 Å². The van der Waals surface area contributed by atoms with E-state index in [1.165, 1.54) is 12.5 Å². The van der Waals surface area contributed by atoms with Crippen molar-refractivity contribution < 1.29 is 24.1 Å². The van der Waals surface area contributed by atoms with Crippen molar-refractivity contribution in [3.05, 3.63) is 22.8 Å². The molecule has 5 atom stereocenters. The van der Waals surface area contributed by atoms with Crippen molar-refractivity contribution in [1.82, 2.24) is 0 Å². The fourth-order valence-electron chi connectivity index (χ4n) is 7.43. The molecule has 4 aliphatic carbocycles. The van der Waals surface area contributed by atoms with E-state index in [1.807, 2.05) is 0 Å². The van der Waals surface area contributed by atoms with E-state index in [0.29, 0.717) is 24.9 Å². The third kappa shape index (κ3) is 2.66. The van der Waals surface area contributed by atoms with E-state index in [4.69, 9.17) is 14.5 Å². The Labute approximate surface area is 172 Å². The van der Waals surface area contributed by atoms with E-state index in [9.17, 15) is 9.59 Å². The molecule has 0 aromatic heterocycles. The van der Waals surface area contributed by atoms with E-state index in [0.717, 1.165) is 51.4 Å². The molecule has 2 fully saturated rings. The highest BCUT2D eigenvalue weighted by atomic mass is 17.2. The number of hydrogen-bond donors (Lipinski definition) is 0. The van der Waals surface area contributed by atoms with Crippen LogP contribution in [0.3, 0.4) is 0 Å². The third-order valence-electron chi connectivity index (χ3n) is 8.84. The Kier molecular flexibility index (Phi) is 4.38. The van der Waals surface area contributed by atoms with E-state index >= 15 is 0 Å². The SMILES string of the molecule is CC(=O)O[C@]1(C(C)=O)CC[C@H]2[C@@H]3CCC4=C(CCC5(CCOO5)C4)C3=CC[C@@]21C. The fraction of sp³-hybridized carbons (Fsp3) is 0.750. The predicted molar refractivity (Wildman–Crippen MR) is 107 cm³/mol. The van der Waals surface area contributed by atoms with Gasteiger partial charge in [-0.1, -0.05) is 18.6 Å². The van der Waals surface area contributed by atoms with Gasteiger partial charge in [-0.15, -0.1) is 0 Å². The molecule has 0 aromatic rings. The van der Waals surface area contributed by atoms with Crippen LogP contribution in [-0.4, -0.2) is 29.6 Å². The first-order chi connectivity index (χ1) is 13.8. The Hall–Kier alpha value is -1.46. The van der Waals surface area contributed by atoms with Crippen molar-refractivity contribution in [3.8, 4) is 0 Å². The van der Waals surface area contributed by atoms with Crippen LogP contribution in [0, 0.1) is 17.3 Å². The molecule has 0 N–H and O–H groups in total. The number of fused-ring (bicyclic) bond motifs is 4. The zero-order valence-electron chi connectivity index (χ0n) is 17.8. The molecule has 0 aromatic carbocycles. The molecule has 1 saturated carbocycles. The maximum atomic E-state index is 12.8. The van der Waals surface area contributed by atoms with Crippen molar-refractivity contribution in [2.75, 3.05) is 6.61 Å². The average Bonchev–Trinajstić information content (AvgIpc) is 3.24. The monoisotopic (exact) mass is 400 g/mol. The lowest BCUT2D eigenvalue weighted by Crippen LogP contribution is -2.55. The van der Waals surface area contributed by atoms with Crippen LogP contribution in [0.25, 0.3) is 0 Å². The number of ketones is 1. The lowest BCUT2D eigenvalue weighted by Gasteiger charge is -2.51. The second-order valence-electron chi connectivity index (χ2n) is 10.1. The minimum absolute atomic E-state index is 0.00301. The summed E-state index contributed by atoms with van der Waals surface area (Å²) < 4.78 is 5.82. The smallest absolute Gasteiger partial charge is 0.303 e. The maximum Gasteiger partial charge on any atom is 0.303 e. The lowest BCUT2D eigenvalue weighted by molar-refractivity contribution is -0.310. The van der Waals surface area contributed by atoms with Gasteiger partial charge in [-0.2, -0.15) is 0 Å². The van der Waals surface area contributed by atoms with Gasteiger partial charge in [0, 0.05) is 25.2 Å². The number of allylic oxidation sites excluding steroid dienone is 3. The van der Waals surface area contributed by atoms with Crippen LogP contribution >= 0.6 is 0 Å². The molecule has 158 valence electrons. The highest BCUT2D eigenvalue weighted by Gasteiger charge is 2.65. The Morgan fingerprint density at radius 2 is 1.97 bits per heavy atom. The molecule has 5 aliphatic rings. The van der Waals surface area contributed by atoms with Crippen LogP contribution in [0.2, 0.25) is 0 Å². The van der Waals surface area contributed by atoms with Gasteiger partial charge in [0.05, 0.1) is 6.61 Å². The van der Waals surface area contributed by atoms with Crippen molar-refractivity contribution in [3.63, 3.8) is 0 Å². The normalized spacial score (nSPS) is 43.5. The first-order valence-corrected chi connectivity index (χ1v) is 11.2. The number of hydrogen-bond acceptors (Lipinski definition) is 5. The number of carbonyl (C=O) groups excluding carboxylic acids is 2. The van der Waals surface area contributed by atoms with Crippen LogP contribution in [-0.2, 0) is 24.1 Å². The van der Waals surface area contributed by atoms with Gasteiger partial charge in [-0.05, 0) is 74.9 Å². The Bertz CT molecular complexity index is 817. The molecule has 0 radical (unpaired) electrons. The zero-order valence-corrected chi connectivity index (χ0v) is 17.8. The molecular formula is C24H32O5. The summed E-state index contributed by atoms with van der Waals surface area (Å²) in [6.07, 6.45) is 11.1. The molecule has 1 saturated heterocycles. The molecule has 0 bridgehead atoms. The number of carbonyl (C=O) groups is 2. The number of rotatable bonds is 2. The highest BCUT2D eigenvalue weighted by Crippen LogP contribution is 2.64. The molecule has 1 heterocycles. The summed E-state index contributed by atoms with van der Waals surface area (Å²) in [4.78, 5) is 35.6. The van der Waals surface area contributed by atoms with Gasteiger partial charge >= 0.3 is 5.97 Å². The van der Waals surface area contributed by atoms with E-state index in [1.54, 1.807) is 18.1 Å². The number of ether oxygens (including phenoxy) is 1. The Morgan fingerprint density at radius 3 is 2.66 bits per heavy atom. The zero-order chi connectivity index (χ0) is 20.4. The first kappa shape index (κ1) is 19.5. The highest BCUT2D eigenvalue weighted by molar-refractivity contribution is 5.89. The van der Waals surface area contributed by atoms with E-state index in [-0.39, 0.29) is 22.8 Å². The van der Waals surface area contributed by atoms with Crippen molar-refractivity contribution in [1.29, 1.82) is 0 Å². The average molecular weight is 401 g/mol. The second kappa shape index (κ2) is 6.52. The molecule has 5 nitrogen and oxygen atoms in total. The number of Topliss-reactive ketones (excluding diaryl/α,β-unsaturated/α-hetero) is 1. The minimum Gasteiger partial charge on any atom is -0.451 e. The van der Waals surface area contributed by atoms with Crippen LogP contribution in [0.5, 0.6) is 0 Å². The summed E-state index contributed by atoms with van der Waals surface area (Å²) in [7, 11) is 0. The van der Waals surface area contributed by atoms with E-state index in [2.05, 4.69) is 13.0 Å². The van der Waals surface area contributed by atoms with Crippen LogP contribution in [0.15, 0.2) is 22.8 Å². The second-order valence-corrected chi connectivity index (χ2v) is 10.1. The summed E-state index contributed by atoms with van der Waals surface area (Å²) >= 11 is 0. The number of esters is 1. The molecule has 1 unspecified atom stereocenters. The fourth-order valence-corrected chi connectivity index (χ4v) is 7.43. The van der Waals surface area contributed by atoms with Crippen LogP contribution < -0.4 is 0 Å². The molecule has 5 heteroatoms. The van der Waals surface area contributed by atoms with Gasteiger partial charge in [-0.25, -0.2) is 9.78 Å². The molecule has 1 spiro atoms. The van der Waals surface area contributed by atoms with Crippen molar-refractivity contribution in [2.45, 2.75) is 89.8 Å². The largest absolute Gasteiger partial charge is 0.451 e. The standard InChI is InChI=1S/C24H32O5/c1-15(25)24(28-16(2)26)11-8-21-20-5-4-17-14-23(12-13-27-29-23)10-7-18(17)19(20)6-9-22(21,24)3/h6,20-21H,4-5,7-14H2,1-3H3/t20-,21+,22+,23?,24+/m1/s1. The molecular weight excluding hydrogens is 368 g/mol. The minimum atomic E-state index is -0.966. The summed E-state index contributed by atoms with van der Waals surface area (Å²) in [5.74, 6) is 0.519. The maximum absolute atomic E-state index is 12.8. The first-order valence-electron chi connectivity index (χ1n) is 11.2. The van der Waals surface area contributed by atoms with E-state index < -0.39 is 5.60 Å². The van der Waals surface area contributed by atoms with Gasteiger partial charge in [0.2, 0.25) is 0 Å². The quantitative estimate of drug-likeness (QED) is 0.501. The van der Waals surface area contributed by atoms with Gasteiger partial charge in [0.15, 0.2) is 11.4 Å². The third-order valence-corrected chi connectivity index (χ3v) is 8.84. The predicted octanol–water partition coefficient (Wildman–Crippen LogP) is 4.60. The summed E-state index contributed by atoms with van der Waals surface area (Å²) in [6, 6.07) is 0. The molecule has 5 rings (SSSR count). The van der Waals surface area contributed by atoms with Crippen molar-refractivity contribution in [2.24, 2.45) is 17.3 Å². The van der Waals surface area contributed by atoms with Crippen LogP contribution in [0.1, 0.15) is 78.6 Å². The van der Waals surface area contributed by atoms with Gasteiger partial charge in [0.1, 0.15) is 5.60 Å². The molecule has 29 heavy (non-hydrogen) atoms. The Balaban J connectivity index is 1.49. The van der Waals surface area contributed by atoms with Gasteiger partial charge in [-0.3, -0.25) is 9.59 Å². The molecule has 1 aliphatic heterocycles. The summed E-state index contributed by atoms with van der Waals surface area (Å²) in [6.45, 7) is 5.92. The summed E-state index contributed by atoms with van der Waals surface area (Å²) in [5.41, 5.74) is 3.26. The van der Waals surface area contributed by atoms with Crippen molar-refractivity contribution >= 4 is 11.8 Å². The lowest BCUT2D eigenvalue weighted by atomic mass is 9.55. The topological polar surface area (TPSA) is 61.8 Å². The van der Waals surface area contributed by atoms with Gasteiger partial charge < -0.3 is 4.74 Å². The summed E-state index contributed by atoms with van der Waals surface area (Å²) in [5, 5.41) is 0.